The molecule has 1 N–H and O–H groups in total. The number of alkyl halides is 1. The Morgan fingerprint density at radius 1 is 1.69 bits per heavy atom. The molecule has 0 bridgehead atoms. The molecule has 4 nitrogen and oxygen atoms in total. The van der Waals surface area contributed by atoms with Crippen molar-refractivity contribution in [1.29, 1.82) is 0 Å². The summed E-state index contributed by atoms with van der Waals surface area (Å²) in [5.41, 5.74) is 0.866. The van der Waals surface area contributed by atoms with Gasteiger partial charge in [-0.3, -0.25) is 4.79 Å². The van der Waals surface area contributed by atoms with Gasteiger partial charge in [0.25, 0.3) is 5.91 Å². The molecule has 88 valence electrons. The summed E-state index contributed by atoms with van der Waals surface area (Å²) in [5, 5.41) is 2.88. The van der Waals surface area contributed by atoms with E-state index in [0.29, 0.717) is 23.9 Å². The lowest BCUT2D eigenvalue weighted by Gasteiger charge is -2.13. The maximum atomic E-state index is 11.7. The van der Waals surface area contributed by atoms with Crippen molar-refractivity contribution in [3.05, 3.63) is 17.8 Å². The van der Waals surface area contributed by atoms with Crippen molar-refractivity contribution in [1.82, 2.24) is 10.3 Å². The van der Waals surface area contributed by atoms with E-state index < -0.39 is 0 Å². The van der Waals surface area contributed by atoms with E-state index in [-0.39, 0.29) is 11.3 Å². The Bertz CT molecular complexity index is 385. The molecule has 2 rings (SSSR count). The van der Waals surface area contributed by atoms with Crippen molar-refractivity contribution in [3.63, 3.8) is 0 Å². The zero-order valence-corrected chi connectivity index (χ0v) is 10.0. The topological polar surface area (TPSA) is 55.1 Å². The second-order valence-corrected chi connectivity index (χ2v) is 4.77. The number of hydrogen-bond acceptors (Lipinski definition) is 3. The molecule has 1 saturated carbocycles. The fraction of sp³-hybridized carbons (Fsp3) is 0.636. The van der Waals surface area contributed by atoms with Gasteiger partial charge in [0.2, 0.25) is 5.76 Å². The van der Waals surface area contributed by atoms with Crippen LogP contribution in [0.25, 0.3) is 0 Å². The van der Waals surface area contributed by atoms with Gasteiger partial charge < -0.3 is 9.73 Å². The highest BCUT2D eigenvalue weighted by Crippen LogP contribution is 2.48. The molecule has 1 heterocycles. The number of amides is 1. The Morgan fingerprint density at radius 2 is 2.44 bits per heavy atom. The largest absolute Gasteiger partial charge is 0.438 e. The molecule has 0 atom stereocenters. The first-order chi connectivity index (χ1) is 7.67. The summed E-state index contributed by atoms with van der Waals surface area (Å²) in [7, 11) is 0. The van der Waals surface area contributed by atoms with Gasteiger partial charge in [-0.05, 0) is 31.6 Å². The highest BCUT2D eigenvalue weighted by atomic mass is 35.5. The summed E-state index contributed by atoms with van der Waals surface area (Å²) in [4.78, 5) is 15.6. The lowest BCUT2D eigenvalue weighted by Crippen LogP contribution is -2.30. The molecule has 1 aliphatic rings. The standard InChI is InChI=1S/C11H15ClN2O2/c1-8-9(16-7-14-8)10(15)13-6-11(2-3-11)4-5-12/h7H,2-6H2,1H3,(H,13,15). The summed E-state index contributed by atoms with van der Waals surface area (Å²) < 4.78 is 5.02. The number of carbonyl (C=O) groups is 1. The van der Waals surface area contributed by atoms with Crippen LogP contribution in [0.2, 0.25) is 0 Å². The molecule has 1 aromatic rings. The fourth-order valence-corrected chi connectivity index (χ4v) is 2.16. The SMILES string of the molecule is Cc1ncoc1C(=O)NCC1(CCCl)CC1. The summed E-state index contributed by atoms with van der Waals surface area (Å²) in [6.45, 7) is 2.43. The van der Waals surface area contributed by atoms with E-state index in [0.717, 1.165) is 19.3 Å². The number of aromatic nitrogens is 1. The average molecular weight is 243 g/mol. The van der Waals surface area contributed by atoms with Crippen molar-refractivity contribution in [2.75, 3.05) is 12.4 Å². The minimum absolute atomic E-state index is 0.184. The van der Waals surface area contributed by atoms with E-state index in [1.807, 2.05) is 0 Å². The Balaban J connectivity index is 1.87. The van der Waals surface area contributed by atoms with Gasteiger partial charge >= 0.3 is 0 Å². The minimum atomic E-state index is -0.184. The fourth-order valence-electron chi connectivity index (χ4n) is 1.76. The normalized spacial score (nSPS) is 17.1. The van der Waals surface area contributed by atoms with Gasteiger partial charge in [0.1, 0.15) is 0 Å². The van der Waals surface area contributed by atoms with E-state index in [1.165, 1.54) is 6.39 Å². The van der Waals surface area contributed by atoms with Crippen molar-refractivity contribution in [2.24, 2.45) is 5.41 Å². The molecular weight excluding hydrogens is 228 g/mol. The van der Waals surface area contributed by atoms with E-state index in [9.17, 15) is 4.79 Å². The molecule has 0 radical (unpaired) electrons. The number of halogens is 1. The van der Waals surface area contributed by atoms with E-state index in [4.69, 9.17) is 16.0 Å². The van der Waals surface area contributed by atoms with Crippen LogP contribution in [0, 0.1) is 12.3 Å². The van der Waals surface area contributed by atoms with Crippen LogP contribution < -0.4 is 5.32 Å². The highest BCUT2D eigenvalue weighted by molar-refractivity contribution is 6.17. The van der Waals surface area contributed by atoms with Crippen LogP contribution in [0.3, 0.4) is 0 Å². The molecule has 0 spiro atoms. The quantitative estimate of drug-likeness (QED) is 0.805. The molecule has 1 amide bonds. The summed E-state index contributed by atoms with van der Waals surface area (Å²) in [6, 6.07) is 0. The predicted molar refractivity (Wildman–Crippen MR) is 60.6 cm³/mol. The van der Waals surface area contributed by atoms with Gasteiger partial charge in [-0.15, -0.1) is 11.6 Å². The van der Waals surface area contributed by atoms with Gasteiger partial charge in [-0.1, -0.05) is 0 Å². The zero-order valence-electron chi connectivity index (χ0n) is 9.25. The minimum Gasteiger partial charge on any atom is -0.438 e. The number of nitrogens with zero attached hydrogens (tertiary/aromatic N) is 1. The maximum absolute atomic E-state index is 11.7. The highest BCUT2D eigenvalue weighted by Gasteiger charge is 2.42. The second-order valence-electron chi connectivity index (χ2n) is 4.39. The Morgan fingerprint density at radius 3 is 2.94 bits per heavy atom. The number of oxazole rings is 1. The van der Waals surface area contributed by atoms with Crippen molar-refractivity contribution < 1.29 is 9.21 Å². The molecular formula is C11H15ClN2O2. The van der Waals surface area contributed by atoms with Crippen molar-refractivity contribution in [2.45, 2.75) is 26.2 Å². The molecule has 0 aliphatic heterocycles. The van der Waals surface area contributed by atoms with Gasteiger partial charge in [-0.25, -0.2) is 4.98 Å². The third-order valence-corrected chi connectivity index (χ3v) is 3.35. The second kappa shape index (κ2) is 4.45. The number of carbonyl (C=O) groups excluding carboxylic acids is 1. The average Bonchev–Trinajstić information content (AvgIpc) is 2.89. The van der Waals surface area contributed by atoms with Crippen LogP contribution in [0.15, 0.2) is 10.8 Å². The van der Waals surface area contributed by atoms with Crippen LogP contribution in [0.4, 0.5) is 0 Å². The van der Waals surface area contributed by atoms with Gasteiger partial charge in [-0.2, -0.15) is 0 Å². The molecule has 1 aromatic heterocycles. The van der Waals surface area contributed by atoms with Crippen LogP contribution in [0.1, 0.15) is 35.5 Å². The van der Waals surface area contributed by atoms with Crippen LogP contribution in [0.5, 0.6) is 0 Å². The Kier molecular flexibility index (Phi) is 3.19. The first kappa shape index (κ1) is 11.5. The molecule has 0 saturated heterocycles. The number of aryl methyl sites for hydroxylation is 1. The third-order valence-electron chi connectivity index (χ3n) is 3.16. The predicted octanol–water partition coefficient (Wildman–Crippen LogP) is 2.12. The zero-order chi connectivity index (χ0) is 11.6. The van der Waals surface area contributed by atoms with E-state index in [1.54, 1.807) is 6.92 Å². The molecule has 1 aliphatic carbocycles. The van der Waals surface area contributed by atoms with Gasteiger partial charge in [0.05, 0.1) is 5.69 Å². The van der Waals surface area contributed by atoms with Crippen LogP contribution >= 0.6 is 11.6 Å². The number of nitrogens with one attached hydrogen (secondary N) is 1. The van der Waals surface area contributed by atoms with Gasteiger partial charge in [0, 0.05) is 12.4 Å². The Hall–Kier alpha value is -1.03. The first-order valence-corrected chi connectivity index (χ1v) is 5.95. The molecule has 0 unspecified atom stereocenters. The van der Waals surface area contributed by atoms with E-state index in [2.05, 4.69) is 10.3 Å². The molecule has 0 aromatic carbocycles. The van der Waals surface area contributed by atoms with Gasteiger partial charge in [0.15, 0.2) is 6.39 Å². The molecule has 5 heteroatoms. The summed E-state index contributed by atoms with van der Waals surface area (Å²) in [6.07, 6.45) is 4.55. The van der Waals surface area contributed by atoms with E-state index >= 15 is 0 Å². The van der Waals surface area contributed by atoms with Crippen LogP contribution in [-0.4, -0.2) is 23.3 Å². The molecule has 16 heavy (non-hydrogen) atoms. The lowest BCUT2D eigenvalue weighted by atomic mass is 10.0. The summed E-state index contributed by atoms with van der Waals surface area (Å²) in [5.74, 6) is 0.773. The number of rotatable bonds is 5. The summed E-state index contributed by atoms with van der Waals surface area (Å²) >= 11 is 5.72. The monoisotopic (exact) mass is 242 g/mol. The molecule has 1 fully saturated rings. The van der Waals surface area contributed by atoms with Crippen LogP contribution in [-0.2, 0) is 0 Å². The lowest BCUT2D eigenvalue weighted by molar-refractivity contribution is 0.0915. The maximum Gasteiger partial charge on any atom is 0.289 e. The number of hydrogen-bond donors (Lipinski definition) is 1. The van der Waals surface area contributed by atoms with Crippen molar-refractivity contribution in [3.8, 4) is 0 Å². The van der Waals surface area contributed by atoms with Crippen molar-refractivity contribution >= 4 is 17.5 Å². The first-order valence-electron chi connectivity index (χ1n) is 5.41. The third kappa shape index (κ3) is 2.38. The Labute approximate surface area is 99.4 Å². The smallest absolute Gasteiger partial charge is 0.289 e.